The van der Waals surface area contributed by atoms with E-state index in [1.54, 1.807) is 0 Å². The molecular formula is C3H4F6O6P2. The molecular weight excluding hydrogens is 308 g/mol. The Morgan fingerprint density at radius 2 is 1.00 bits per heavy atom. The molecule has 6 nitrogen and oxygen atoms in total. The lowest BCUT2D eigenvalue weighted by Gasteiger charge is -2.34. The quantitative estimate of drug-likeness (QED) is 0.459. The Bertz CT molecular complexity index is 393. The van der Waals surface area contributed by atoms with Crippen molar-refractivity contribution in [1.82, 2.24) is 0 Å². The molecule has 0 aliphatic rings. The summed E-state index contributed by atoms with van der Waals surface area (Å²) in [6.45, 7) is 0. The third-order valence-corrected chi connectivity index (χ3v) is 4.09. The zero-order valence-corrected chi connectivity index (χ0v) is 9.06. The molecule has 0 fully saturated rings. The summed E-state index contributed by atoms with van der Waals surface area (Å²) in [5.41, 5.74) is -6.63. The van der Waals surface area contributed by atoms with Crippen molar-refractivity contribution in [2.45, 2.75) is 17.2 Å². The predicted octanol–water partition coefficient (Wildman–Crippen LogP) is 1.16. The van der Waals surface area contributed by atoms with Crippen LogP contribution in [0.2, 0.25) is 0 Å². The topological polar surface area (TPSA) is 115 Å². The van der Waals surface area contributed by atoms with E-state index in [0.29, 0.717) is 0 Å². The molecule has 1 unspecified atom stereocenters. The molecule has 0 spiro atoms. The summed E-state index contributed by atoms with van der Waals surface area (Å²) in [4.78, 5) is 31.7. The molecule has 17 heavy (non-hydrogen) atoms. The van der Waals surface area contributed by atoms with Gasteiger partial charge in [-0.1, -0.05) is 0 Å². The van der Waals surface area contributed by atoms with Crippen molar-refractivity contribution in [3.05, 3.63) is 0 Å². The van der Waals surface area contributed by atoms with E-state index >= 15 is 0 Å². The van der Waals surface area contributed by atoms with Gasteiger partial charge in [0.1, 0.15) is 0 Å². The van der Waals surface area contributed by atoms with Crippen LogP contribution in [-0.2, 0) is 9.13 Å². The number of alkyl halides is 6. The molecule has 104 valence electrons. The molecule has 0 aliphatic heterocycles. The first-order valence-electron chi connectivity index (χ1n) is 3.25. The van der Waals surface area contributed by atoms with Crippen LogP contribution < -0.4 is 0 Å². The van der Waals surface area contributed by atoms with Crippen LogP contribution in [0.4, 0.5) is 26.3 Å². The first kappa shape index (κ1) is 16.9. The lowest BCUT2D eigenvalue weighted by atomic mass is 10.4. The fraction of sp³-hybridized carbons (Fsp3) is 1.00. The van der Waals surface area contributed by atoms with Gasteiger partial charge in [0.05, 0.1) is 0 Å². The van der Waals surface area contributed by atoms with Gasteiger partial charge in [0, 0.05) is 0 Å². The fourth-order valence-corrected chi connectivity index (χ4v) is 2.68. The molecule has 0 amide bonds. The monoisotopic (exact) mass is 312 g/mol. The molecule has 0 aromatic carbocycles. The van der Waals surface area contributed by atoms with Crippen LogP contribution in [0.1, 0.15) is 0 Å². The Kier molecular flexibility index (Phi) is 3.91. The number of hydrogen-bond acceptors (Lipinski definition) is 2. The normalized spacial score (nSPS) is 18.9. The van der Waals surface area contributed by atoms with Gasteiger partial charge in [-0.25, -0.2) is 4.39 Å². The number of hydrogen-bond donors (Lipinski definition) is 4. The van der Waals surface area contributed by atoms with Crippen molar-refractivity contribution in [1.29, 1.82) is 0 Å². The van der Waals surface area contributed by atoms with Gasteiger partial charge < -0.3 is 19.6 Å². The Labute approximate surface area is 88.6 Å². The highest BCUT2D eigenvalue weighted by molar-refractivity contribution is 7.58. The predicted molar refractivity (Wildman–Crippen MR) is 38.9 cm³/mol. The van der Waals surface area contributed by atoms with Gasteiger partial charge in [0.2, 0.25) is 0 Å². The van der Waals surface area contributed by atoms with Crippen LogP contribution >= 0.6 is 15.2 Å². The lowest BCUT2D eigenvalue weighted by molar-refractivity contribution is -0.252. The Morgan fingerprint density at radius 3 is 1.06 bits per heavy atom. The highest BCUT2D eigenvalue weighted by Crippen LogP contribution is 2.74. The first-order valence-corrected chi connectivity index (χ1v) is 6.47. The molecule has 0 radical (unpaired) electrons. The molecule has 0 aromatic rings. The van der Waals surface area contributed by atoms with E-state index in [1.807, 2.05) is 0 Å². The molecule has 0 aliphatic carbocycles. The lowest BCUT2D eigenvalue weighted by Crippen LogP contribution is -2.54. The highest BCUT2D eigenvalue weighted by Gasteiger charge is 2.86. The third kappa shape index (κ3) is 2.38. The average molecular weight is 312 g/mol. The van der Waals surface area contributed by atoms with Crippen LogP contribution in [0.25, 0.3) is 0 Å². The van der Waals surface area contributed by atoms with Crippen molar-refractivity contribution in [3.8, 4) is 0 Å². The number of rotatable bonds is 3. The molecule has 0 bridgehead atoms. The highest BCUT2D eigenvalue weighted by atomic mass is 31.2. The summed E-state index contributed by atoms with van der Waals surface area (Å²) >= 11 is 0. The Hall–Kier alpha value is -0.120. The Balaban J connectivity index is 6.24. The average Bonchev–Trinajstić information content (AvgIpc) is 1.95. The van der Waals surface area contributed by atoms with Crippen molar-refractivity contribution in [3.63, 3.8) is 0 Å². The zero-order chi connectivity index (χ0) is 14.5. The van der Waals surface area contributed by atoms with Crippen LogP contribution in [0, 0.1) is 0 Å². The summed E-state index contributed by atoms with van der Waals surface area (Å²) in [6, 6.07) is 0. The van der Waals surface area contributed by atoms with Crippen LogP contribution in [0.15, 0.2) is 0 Å². The minimum Gasteiger partial charge on any atom is -0.322 e. The van der Waals surface area contributed by atoms with Gasteiger partial charge in [-0.2, -0.15) is 22.0 Å². The van der Waals surface area contributed by atoms with E-state index in [2.05, 4.69) is 0 Å². The van der Waals surface area contributed by atoms with Crippen LogP contribution in [0.5, 0.6) is 0 Å². The second-order valence-electron chi connectivity index (χ2n) is 2.75. The SMILES string of the molecule is O=P(O)(O)C(F)(F)C(F)(C(F)(F)F)P(=O)(O)O. The van der Waals surface area contributed by atoms with E-state index in [9.17, 15) is 35.5 Å². The molecule has 0 heterocycles. The summed E-state index contributed by atoms with van der Waals surface area (Å²) in [7, 11) is -14.4. The van der Waals surface area contributed by atoms with E-state index in [1.165, 1.54) is 0 Å². The molecule has 14 heteroatoms. The van der Waals surface area contributed by atoms with Gasteiger partial charge in [-0.3, -0.25) is 9.13 Å². The maximum Gasteiger partial charge on any atom is 0.441 e. The minimum absolute atomic E-state index is 6.63. The molecule has 0 saturated heterocycles. The van der Waals surface area contributed by atoms with Crippen LogP contribution in [-0.4, -0.2) is 36.8 Å². The molecule has 1 atom stereocenters. The van der Waals surface area contributed by atoms with E-state index in [-0.39, 0.29) is 0 Å². The second-order valence-corrected chi connectivity index (χ2v) is 6.10. The smallest absolute Gasteiger partial charge is 0.322 e. The van der Waals surface area contributed by atoms with Gasteiger partial charge in [0.25, 0.3) is 0 Å². The van der Waals surface area contributed by atoms with Gasteiger partial charge in [-0.05, 0) is 0 Å². The van der Waals surface area contributed by atoms with E-state index in [4.69, 9.17) is 19.6 Å². The summed E-state index contributed by atoms with van der Waals surface area (Å²) < 4.78 is 94.2. The van der Waals surface area contributed by atoms with E-state index in [0.717, 1.165) is 0 Å². The summed E-state index contributed by atoms with van der Waals surface area (Å²) in [5, 5.41) is -6.67. The van der Waals surface area contributed by atoms with Gasteiger partial charge in [-0.15, -0.1) is 0 Å². The molecule has 0 aromatic heterocycles. The maximum atomic E-state index is 12.9. The first-order chi connectivity index (χ1) is 7.00. The second kappa shape index (κ2) is 3.94. The molecule has 0 saturated carbocycles. The third-order valence-electron chi connectivity index (χ3n) is 1.54. The fourth-order valence-electron chi connectivity index (χ4n) is 0.704. The molecule has 4 N–H and O–H groups in total. The van der Waals surface area contributed by atoms with Gasteiger partial charge in [0.15, 0.2) is 0 Å². The van der Waals surface area contributed by atoms with Crippen molar-refractivity contribution >= 4 is 15.2 Å². The van der Waals surface area contributed by atoms with Crippen molar-refractivity contribution < 1.29 is 55.0 Å². The Morgan fingerprint density at radius 1 is 0.706 bits per heavy atom. The molecule has 0 rings (SSSR count). The minimum atomic E-state index is -7.26. The summed E-state index contributed by atoms with van der Waals surface area (Å²) in [5.74, 6) is 0. The maximum absolute atomic E-state index is 12.9. The zero-order valence-electron chi connectivity index (χ0n) is 7.27. The van der Waals surface area contributed by atoms with Crippen molar-refractivity contribution in [2.75, 3.05) is 0 Å². The van der Waals surface area contributed by atoms with Gasteiger partial charge >= 0.3 is 32.4 Å². The summed E-state index contributed by atoms with van der Waals surface area (Å²) in [6.07, 6.45) is -6.89. The number of halogens is 6. The standard InChI is InChI=1S/C3H4F6O6P2/c4-1(2(5,6)7,16(10,11)12)3(8,9)17(13,14)15/h(H2,10,11,12)(H2,13,14,15). The van der Waals surface area contributed by atoms with Crippen LogP contribution in [0.3, 0.4) is 0 Å². The van der Waals surface area contributed by atoms with E-state index < -0.39 is 32.4 Å². The van der Waals surface area contributed by atoms with Crippen molar-refractivity contribution in [2.24, 2.45) is 0 Å². The largest absolute Gasteiger partial charge is 0.441 e.